The summed E-state index contributed by atoms with van der Waals surface area (Å²) in [5.41, 5.74) is 0.791. The third-order valence-corrected chi connectivity index (χ3v) is 6.30. The fourth-order valence-corrected chi connectivity index (χ4v) is 4.48. The van der Waals surface area contributed by atoms with E-state index in [1.54, 1.807) is 12.4 Å². The normalized spacial score (nSPS) is 21.3. The summed E-state index contributed by atoms with van der Waals surface area (Å²) in [7, 11) is 0. The lowest BCUT2D eigenvalue weighted by molar-refractivity contribution is -0.121. The van der Waals surface area contributed by atoms with Gasteiger partial charge in [-0.2, -0.15) is 4.98 Å². The molecule has 7 nitrogen and oxygen atoms in total. The van der Waals surface area contributed by atoms with Crippen molar-refractivity contribution in [1.82, 2.24) is 9.97 Å². The maximum atomic E-state index is 12.6. The van der Waals surface area contributed by atoms with E-state index in [9.17, 15) is 4.79 Å². The third-order valence-electron chi connectivity index (χ3n) is 6.30. The SMILES string of the molecule is O=C(Nc1ccncc1)[C@H]1CC[C@@H](Oc2nc(N3CCOCC3)cc3ccccc23)CC1. The van der Waals surface area contributed by atoms with Gasteiger partial charge in [0.15, 0.2) is 0 Å². The van der Waals surface area contributed by atoms with E-state index >= 15 is 0 Å². The number of benzene rings is 1. The van der Waals surface area contributed by atoms with Crippen molar-refractivity contribution in [2.45, 2.75) is 31.8 Å². The van der Waals surface area contributed by atoms with E-state index in [-0.39, 0.29) is 17.9 Å². The van der Waals surface area contributed by atoms with Crippen LogP contribution in [0.3, 0.4) is 0 Å². The van der Waals surface area contributed by atoms with Crippen LogP contribution in [0.25, 0.3) is 10.8 Å². The number of hydrogen-bond donors (Lipinski definition) is 1. The summed E-state index contributed by atoms with van der Waals surface area (Å²) in [5.74, 6) is 1.71. The van der Waals surface area contributed by atoms with E-state index in [2.05, 4.69) is 33.4 Å². The Labute approximate surface area is 187 Å². The number of carbonyl (C=O) groups excluding carboxylic acids is 1. The number of rotatable bonds is 5. The number of morpholine rings is 1. The highest BCUT2D eigenvalue weighted by atomic mass is 16.5. The minimum Gasteiger partial charge on any atom is -0.474 e. The summed E-state index contributed by atoms with van der Waals surface area (Å²) < 4.78 is 11.9. The van der Waals surface area contributed by atoms with Gasteiger partial charge in [-0.05, 0) is 55.3 Å². The predicted octanol–water partition coefficient (Wildman–Crippen LogP) is 4.04. The lowest BCUT2D eigenvalue weighted by Gasteiger charge is -2.30. The maximum Gasteiger partial charge on any atom is 0.227 e. The van der Waals surface area contributed by atoms with E-state index in [1.165, 1.54) is 0 Å². The number of amides is 1. The number of nitrogens with one attached hydrogen (secondary N) is 1. The van der Waals surface area contributed by atoms with E-state index in [1.807, 2.05) is 24.3 Å². The first-order valence-electron chi connectivity index (χ1n) is 11.4. The number of nitrogens with zero attached hydrogens (tertiary/aromatic N) is 3. The van der Waals surface area contributed by atoms with Crippen molar-refractivity contribution < 1.29 is 14.3 Å². The number of hydrogen-bond acceptors (Lipinski definition) is 6. The standard InChI is InChI=1S/C25H28N4O3/c30-24(27-20-9-11-26-12-10-20)18-5-7-21(8-6-18)32-25-22-4-2-1-3-19(22)17-23(28-25)29-13-15-31-16-14-29/h1-4,9-12,17-18,21H,5-8,13-16H2,(H,26,27,30)/t18-,21+. The lowest BCUT2D eigenvalue weighted by Crippen LogP contribution is -2.37. The predicted molar refractivity (Wildman–Crippen MR) is 124 cm³/mol. The summed E-state index contributed by atoms with van der Waals surface area (Å²) in [4.78, 5) is 23.8. The van der Waals surface area contributed by atoms with Gasteiger partial charge in [0.05, 0.1) is 13.2 Å². The summed E-state index contributed by atoms with van der Waals surface area (Å²) in [6, 6.07) is 14.0. The molecule has 1 saturated heterocycles. The Bertz CT molecular complexity index is 1060. The molecule has 0 spiro atoms. The zero-order chi connectivity index (χ0) is 21.8. The Morgan fingerprint density at radius 3 is 2.56 bits per heavy atom. The van der Waals surface area contributed by atoms with Crippen molar-refractivity contribution in [1.29, 1.82) is 0 Å². The summed E-state index contributed by atoms with van der Waals surface area (Å²) in [5, 5.41) is 5.16. The average Bonchev–Trinajstić information content (AvgIpc) is 2.85. The van der Waals surface area contributed by atoms with Crippen molar-refractivity contribution in [2.24, 2.45) is 5.92 Å². The zero-order valence-electron chi connectivity index (χ0n) is 18.1. The van der Waals surface area contributed by atoms with Crippen molar-refractivity contribution in [3.63, 3.8) is 0 Å². The van der Waals surface area contributed by atoms with Crippen LogP contribution in [-0.2, 0) is 9.53 Å². The Morgan fingerprint density at radius 1 is 1.03 bits per heavy atom. The van der Waals surface area contributed by atoms with Gasteiger partial charge in [0.2, 0.25) is 11.8 Å². The molecule has 166 valence electrons. The van der Waals surface area contributed by atoms with E-state index < -0.39 is 0 Å². The van der Waals surface area contributed by atoms with Crippen molar-refractivity contribution in [2.75, 3.05) is 36.5 Å². The van der Waals surface area contributed by atoms with E-state index in [4.69, 9.17) is 14.5 Å². The number of ether oxygens (including phenoxy) is 2. The fraction of sp³-hybridized carbons (Fsp3) is 0.400. The maximum absolute atomic E-state index is 12.6. The molecule has 1 aliphatic carbocycles. The largest absolute Gasteiger partial charge is 0.474 e. The van der Waals surface area contributed by atoms with Gasteiger partial charge in [-0.15, -0.1) is 0 Å². The zero-order valence-corrected chi connectivity index (χ0v) is 18.1. The van der Waals surface area contributed by atoms with Crippen LogP contribution in [-0.4, -0.2) is 48.3 Å². The topological polar surface area (TPSA) is 76.6 Å². The molecule has 0 bridgehead atoms. The van der Waals surface area contributed by atoms with Crippen LogP contribution in [0.15, 0.2) is 54.9 Å². The van der Waals surface area contributed by atoms with Gasteiger partial charge in [0.1, 0.15) is 11.9 Å². The first kappa shape index (κ1) is 20.7. The highest BCUT2D eigenvalue weighted by Crippen LogP contribution is 2.33. The van der Waals surface area contributed by atoms with E-state index in [0.29, 0.717) is 5.88 Å². The monoisotopic (exact) mass is 432 g/mol. The Morgan fingerprint density at radius 2 is 1.78 bits per heavy atom. The third kappa shape index (κ3) is 4.67. The van der Waals surface area contributed by atoms with Crippen LogP contribution in [0.5, 0.6) is 5.88 Å². The van der Waals surface area contributed by atoms with Crippen molar-refractivity contribution >= 4 is 28.2 Å². The summed E-state index contributed by atoms with van der Waals surface area (Å²) >= 11 is 0. The second-order valence-electron chi connectivity index (χ2n) is 8.42. The molecule has 5 rings (SSSR count). The molecule has 0 unspecified atom stereocenters. The molecule has 2 aliphatic rings. The molecule has 1 amide bonds. The second-order valence-corrected chi connectivity index (χ2v) is 8.42. The molecule has 3 heterocycles. The molecule has 2 aromatic heterocycles. The van der Waals surface area contributed by atoms with Crippen LogP contribution >= 0.6 is 0 Å². The van der Waals surface area contributed by atoms with Crippen LogP contribution in [0.4, 0.5) is 11.5 Å². The molecule has 3 aromatic rings. The molecule has 0 atom stereocenters. The Hall–Kier alpha value is -3.19. The minimum absolute atomic E-state index is 0.00685. The molecule has 0 radical (unpaired) electrons. The number of fused-ring (bicyclic) bond motifs is 1. The van der Waals surface area contributed by atoms with Gasteiger partial charge in [0, 0.05) is 42.5 Å². The highest BCUT2D eigenvalue weighted by molar-refractivity contribution is 5.92. The number of pyridine rings is 2. The van der Waals surface area contributed by atoms with Crippen LogP contribution in [0, 0.1) is 5.92 Å². The lowest BCUT2D eigenvalue weighted by atomic mass is 9.86. The average molecular weight is 433 g/mol. The van der Waals surface area contributed by atoms with Crippen LogP contribution in [0.2, 0.25) is 0 Å². The summed E-state index contributed by atoms with van der Waals surface area (Å²) in [6.45, 7) is 3.11. The number of aromatic nitrogens is 2. The van der Waals surface area contributed by atoms with Crippen molar-refractivity contribution in [3.05, 3.63) is 54.9 Å². The molecule has 1 saturated carbocycles. The van der Waals surface area contributed by atoms with Crippen LogP contribution < -0.4 is 15.0 Å². The van der Waals surface area contributed by atoms with Crippen molar-refractivity contribution in [3.8, 4) is 5.88 Å². The minimum atomic E-state index is 0.00685. The first-order chi connectivity index (χ1) is 15.8. The Kier molecular flexibility index (Phi) is 6.16. The Balaban J connectivity index is 1.26. The summed E-state index contributed by atoms with van der Waals surface area (Å²) in [6.07, 6.45) is 6.73. The quantitative estimate of drug-likeness (QED) is 0.656. The van der Waals surface area contributed by atoms with Gasteiger partial charge >= 0.3 is 0 Å². The fourth-order valence-electron chi connectivity index (χ4n) is 4.48. The molecular weight excluding hydrogens is 404 g/mol. The van der Waals surface area contributed by atoms with Gasteiger partial charge in [-0.25, -0.2) is 0 Å². The molecule has 1 aliphatic heterocycles. The van der Waals surface area contributed by atoms with Gasteiger partial charge < -0.3 is 19.7 Å². The van der Waals surface area contributed by atoms with Crippen LogP contribution in [0.1, 0.15) is 25.7 Å². The molecule has 7 heteroatoms. The van der Waals surface area contributed by atoms with E-state index in [0.717, 1.165) is 74.3 Å². The second kappa shape index (κ2) is 9.53. The number of carbonyl (C=O) groups is 1. The van der Waals surface area contributed by atoms with Gasteiger partial charge in [0.25, 0.3) is 0 Å². The number of anilines is 2. The van der Waals surface area contributed by atoms with Gasteiger partial charge in [-0.3, -0.25) is 9.78 Å². The van der Waals surface area contributed by atoms with Gasteiger partial charge in [-0.1, -0.05) is 18.2 Å². The smallest absolute Gasteiger partial charge is 0.227 e. The molecule has 1 N–H and O–H groups in total. The first-order valence-corrected chi connectivity index (χ1v) is 11.4. The molecule has 2 fully saturated rings. The highest BCUT2D eigenvalue weighted by Gasteiger charge is 2.28. The molecule has 1 aromatic carbocycles. The molecule has 32 heavy (non-hydrogen) atoms. The molecular formula is C25H28N4O3.